The average molecular weight is 428 g/mol. The van der Waals surface area contributed by atoms with Gasteiger partial charge in [-0.05, 0) is 35.2 Å². The minimum atomic E-state index is -1.26. The van der Waals surface area contributed by atoms with Crippen LogP contribution in [0.4, 0.5) is 10.5 Å². The van der Waals surface area contributed by atoms with Crippen LogP contribution in [0, 0.1) is 0 Å². The topological polar surface area (TPSA) is 78.5 Å². The summed E-state index contributed by atoms with van der Waals surface area (Å²) in [6, 6.07) is 25.6. The molecule has 1 heterocycles. The number of aryl methyl sites for hydroxylation is 1. The van der Waals surface area contributed by atoms with Gasteiger partial charge in [0.1, 0.15) is 6.54 Å². The third-order valence-electron chi connectivity index (χ3n) is 5.70. The van der Waals surface area contributed by atoms with Crippen LogP contribution in [0.1, 0.15) is 23.6 Å². The molecule has 4 amide bonds. The predicted molar refractivity (Wildman–Crippen MR) is 123 cm³/mol. The van der Waals surface area contributed by atoms with Crippen molar-refractivity contribution in [2.45, 2.75) is 25.3 Å². The lowest BCUT2D eigenvalue weighted by atomic mass is 9.83. The van der Waals surface area contributed by atoms with Crippen LogP contribution in [0.5, 0.6) is 0 Å². The Hall–Kier alpha value is -3.93. The van der Waals surface area contributed by atoms with E-state index in [9.17, 15) is 14.4 Å². The Morgan fingerprint density at radius 3 is 2.12 bits per heavy atom. The van der Waals surface area contributed by atoms with Gasteiger partial charge in [-0.3, -0.25) is 14.5 Å². The van der Waals surface area contributed by atoms with Crippen molar-refractivity contribution in [3.63, 3.8) is 0 Å². The molecule has 3 aromatic carbocycles. The number of amides is 4. The number of anilines is 1. The Kier molecular flexibility index (Phi) is 6.03. The van der Waals surface area contributed by atoms with E-state index in [0.29, 0.717) is 17.7 Å². The number of hydrogen-bond donors (Lipinski definition) is 2. The number of nitrogens with one attached hydrogen (secondary N) is 2. The summed E-state index contributed by atoms with van der Waals surface area (Å²) in [6.45, 7) is 1.70. The molecule has 1 atom stereocenters. The van der Waals surface area contributed by atoms with E-state index in [1.54, 1.807) is 0 Å². The van der Waals surface area contributed by atoms with E-state index in [2.05, 4.69) is 17.6 Å². The monoisotopic (exact) mass is 427 g/mol. The van der Waals surface area contributed by atoms with E-state index in [1.807, 2.05) is 84.9 Å². The Bertz CT molecular complexity index is 1110. The molecule has 6 nitrogen and oxygen atoms in total. The van der Waals surface area contributed by atoms with Crippen LogP contribution in [0.15, 0.2) is 84.9 Å². The fraction of sp³-hybridized carbons (Fsp3) is 0.192. The second-order valence-corrected chi connectivity index (χ2v) is 7.85. The highest BCUT2D eigenvalue weighted by molar-refractivity contribution is 6.10. The maximum absolute atomic E-state index is 13.6. The van der Waals surface area contributed by atoms with Gasteiger partial charge in [0, 0.05) is 12.1 Å². The molecule has 0 bridgehead atoms. The van der Waals surface area contributed by atoms with Crippen LogP contribution < -0.4 is 10.6 Å². The van der Waals surface area contributed by atoms with Crippen LogP contribution in [0.3, 0.4) is 0 Å². The van der Waals surface area contributed by atoms with Gasteiger partial charge in [-0.25, -0.2) is 4.79 Å². The molecule has 4 rings (SSSR count). The summed E-state index contributed by atoms with van der Waals surface area (Å²) in [5.74, 6) is -0.865. The maximum Gasteiger partial charge on any atom is 0.325 e. The van der Waals surface area contributed by atoms with Gasteiger partial charge in [0.05, 0.1) is 0 Å². The van der Waals surface area contributed by atoms with E-state index in [0.717, 1.165) is 22.4 Å². The second-order valence-electron chi connectivity index (χ2n) is 7.85. The second kappa shape index (κ2) is 9.06. The molecule has 1 saturated heterocycles. The van der Waals surface area contributed by atoms with Crippen LogP contribution in [0.2, 0.25) is 0 Å². The van der Waals surface area contributed by atoms with Crippen molar-refractivity contribution >= 4 is 23.5 Å². The zero-order valence-corrected chi connectivity index (χ0v) is 17.9. The summed E-state index contributed by atoms with van der Waals surface area (Å²) < 4.78 is 0. The molecule has 32 heavy (non-hydrogen) atoms. The lowest BCUT2D eigenvalue weighted by Crippen LogP contribution is -2.46. The number of carbonyl (C=O) groups is 3. The van der Waals surface area contributed by atoms with Crippen molar-refractivity contribution < 1.29 is 14.4 Å². The van der Waals surface area contributed by atoms with Crippen molar-refractivity contribution in [2.24, 2.45) is 0 Å². The van der Waals surface area contributed by atoms with Crippen LogP contribution in [-0.2, 0) is 28.0 Å². The van der Waals surface area contributed by atoms with Gasteiger partial charge in [-0.1, -0.05) is 79.7 Å². The van der Waals surface area contributed by atoms with Crippen molar-refractivity contribution in [1.82, 2.24) is 10.2 Å². The molecule has 1 aliphatic rings. The van der Waals surface area contributed by atoms with Gasteiger partial charge in [-0.2, -0.15) is 0 Å². The molecule has 0 saturated carbocycles. The summed E-state index contributed by atoms with van der Waals surface area (Å²) in [4.78, 5) is 40.1. The minimum absolute atomic E-state index is 0.291. The molecule has 0 spiro atoms. The van der Waals surface area contributed by atoms with Gasteiger partial charge in [0.2, 0.25) is 5.91 Å². The highest BCUT2D eigenvalue weighted by atomic mass is 16.2. The number of rotatable bonds is 7. The molecule has 0 unspecified atom stereocenters. The number of nitrogens with zero attached hydrogens (tertiary/aromatic N) is 1. The Morgan fingerprint density at radius 2 is 1.50 bits per heavy atom. The van der Waals surface area contributed by atoms with E-state index in [4.69, 9.17) is 0 Å². The summed E-state index contributed by atoms with van der Waals surface area (Å²) >= 11 is 0. The molecule has 162 valence electrons. The summed E-state index contributed by atoms with van der Waals surface area (Å²) in [5.41, 5.74) is 2.11. The summed E-state index contributed by atoms with van der Waals surface area (Å²) in [5, 5.41) is 5.64. The molecule has 0 aliphatic carbocycles. The standard InChI is InChI=1S/C26H25N3O3/c1-2-19-13-15-22(16-14-19)27-23(30)18-29-24(31)26(28-25(29)32,21-11-7-4-8-12-21)17-20-9-5-3-6-10-20/h3-16H,2,17-18H2,1H3,(H,27,30)(H,28,32)/t26-/m0/s1. The van der Waals surface area contributed by atoms with Gasteiger partial charge < -0.3 is 10.6 Å². The highest BCUT2D eigenvalue weighted by Gasteiger charge is 2.52. The average Bonchev–Trinajstić information content (AvgIpc) is 3.05. The van der Waals surface area contributed by atoms with Gasteiger partial charge in [0.25, 0.3) is 5.91 Å². The summed E-state index contributed by atoms with van der Waals surface area (Å²) in [7, 11) is 0. The molecule has 6 heteroatoms. The first-order chi connectivity index (χ1) is 15.5. The van der Waals surface area contributed by atoms with Gasteiger partial charge in [0.15, 0.2) is 5.54 Å². The molecule has 1 fully saturated rings. The van der Waals surface area contributed by atoms with Crippen LogP contribution >= 0.6 is 0 Å². The zero-order chi connectivity index (χ0) is 22.6. The molecule has 1 aliphatic heterocycles. The van der Waals surface area contributed by atoms with E-state index in [-0.39, 0.29) is 6.54 Å². The fourth-order valence-corrected chi connectivity index (χ4v) is 3.98. The van der Waals surface area contributed by atoms with Crippen molar-refractivity contribution in [2.75, 3.05) is 11.9 Å². The number of imide groups is 1. The first-order valence-corrected chi connectivity index (χ1v) is 10.6. The van der Waals surface area contributed by atoms with E-state index >= 15 is 0 Å². The Morgan fingerprint density at radius 1 is 0.875 bits per heavy atom. The first kappa shape index (κ1) is 21.3. The van der Waals surface area contributed by atoms with Crippen LogP contribution in [0.25, 0.3) is 0 Å². The van der Waals surface area contributed by atoms with Crippen molar-refractivity contribution in [3.8, 4) is 0 Å². The maximum atomic E-state index is 13.6. The number of benzene rings is 3. The summed E-state index contributed by atoms with van der Waals surface area (Å²) in [6.07, 6.45) is 1.19. The van der Waals surface area contributed by atoms with E-state index < -0.39 is 23.4 Å². The molecular weight excluding hydrogens is 402 g/mol. The molecule has 2 N–H and O–H groups in total. The molecular formula is C26H25N3O3. The minimum Gasteiger partial charge on any atom is -0.325 e. The Labute approximate surface area is 187 Å². The third kappa shape index (κ3) is 4.25. The Balaban J connectivity index is 1.57. The van der Waals surface area contributed by atoms with Crippen LogP contribution in [-0.4, -0.2) is 29.3 Å². The lowest BCUT2D eigenvalue weighted by Gasteiger charge is -2.27. The number of hydrogen-bond acceptors (Lipinski definition) is 3. The predicted octanol–water partition coefficient (Wildman–Crippen LogP) is 3.88. The normalized spacial score (nSPS) is 17.8. The highest BCUT2D eigenvalue weighted by Crippen LogP contribution is 2.33. The number of urea groups is 1. The van der Waals surface area contributed by atoms with E-state index in [1.165, 1.54) is 0 Å². The number of carbonyl (C=O) groups excluding carboxylic acids is 3. The quantitative estimate of drug-likeness (QED) is 0.562. The van der Waals surface area contributed by atoms with Crippen molar-refractivity contribution in [1.29, 1.82) is 0 Å². The smallest absolute Gasteiger partial charge is 0.325 e. The first-order valence-electron chi connectivity index (χ1n) is 10.6. The molecule has 0 radical (unpaired) electrons. The largest absolute Gasteiger partial charge is 0.325 e. The zero-order valence-electron chi connectivity index (χ0n) is 17.9. The SMILES string of the molecule is CCc1ccc(NC(=O)CN2C(=O)N[C@@](Cc3ccccc3)(c3ccccc3)C2=O)cc1. The molecule has 0 aromatic heterocycles. The van der Waals surface area contributed by atoms with Gasteiger partial charge in [-0.15, -0.1) is 0 Å². The lowest BCUT2D eigenvalue weighted by molar-refractivity contribution is -0.134. The van der Waals surface area contributed by atoms with Crippen molar-refractivity contribution in [3.05, 3.63) is 102 Å². The van der Waals surface area contributed by atoms with Gasteiger partial charge >= 0.3 is 6.03 Å². The molecule has 3 aromatic rings. The fourth-order valence-electron chi connectivity index (χ4n) is 3.98. The third-order valence-corrected chi connectivity index (χ3v) is 5.70.